The molecule has 4 N–H and O–H groups in total. The summed E-state index contributed by atoms with van der Waals surface area (Å²) in [5.41, 5.74) is 12.8. The van der Waals surface area contributed by atoms with Gasteiger partial charge in [-0.3, -0.25) is 0 Å². The summed E-state index contributed by atoms with van der Waals surface area (Å²) < 4.78 is 0. The van der Waals surface area contributed by atoms with Gasteiger partial charge in [-0.2, -0.15) is 0 Å². The standard InChI is InChI=1S/C10H9ClN2.2ClH/c11-7-5-4-6-2-1-3-8(12)9(6)10(7)13;;/h1-5H,12-13H2;2*1H. The van der Waals surface area contributed by atoms with Crippen LogP contribution >= 0.6 is 36.4 Å². The SMILES string of the molecule is Cl.Cl.Nc1cccc2ccc(Cl)c(N)c12. The molecule has 0 radical (unpaired) electrons. The fourth-order valence-corrected chi connectivity index (χ4v) is 1.57. The van der Waals surface area contributed by atoms with Crippen LogP contribution in [0.3, 0.4) is 0 Å². The summed E-state index contributed by atoms with van der Waals surface area (Å²) in [6.07, 6.45) is 0. The van der Waals surface area contributed by atoms with Gasteiger partial charge in [0.05, 0.1) is 10.7 Å². The van der Waals surface area contributed by atoms with E-state index < -0.39 is 0 Å². The Bertz CT molecular complexity index is 471. The van der Waals surface area contributed by atoms with E-state index in [1.165, 1.54) is 0 Å². The van der Waals surface area contributed by atoms with Gasteiger partial charge in [0.1, 0.15) is 0 Å². The fourth-order valence-electron chi connectivity index (χ4n) is 1.41. The van der Waals surface area contributed by atoms with Crippen molar-refractivity contribution in [1.82, 2.24) is 0 Å². The van der Waals surface area contributed by atoms with E-state index in [4.69, 9.17) is 23.1 Å². The van der Waals surface area contributed by atoms with Crippen molar-refractivity contribution in [3.63, 3.8) is 0 Å². The summed E-state index contributed by atoms with van der Waals surface area (Å²) in [7, 11) is 0. The molecular formula is C10H11Cl3N2. The van der Waals surface area contributed by atoms with Crippen LogP contribution in [-0.2, 0) is 0 Å². The highest BCUT2D eigenvalue weighted by atomic mass is 35.5. The zero-order valence-electron chi connectivity index (χ0n) is 7.74. The van der Waals surface area contributed by atoms with Crippen LogP contribution in [0, 0.1) is 0 Å². The number of anilines is 2. The number of halogens is 3. The molecule has 0 heterocycles. The maximum atomic E-state index is 5.88. The predicted molar refractivity (Wildman–Crippen MR) is 72.3 cm³/mol. The highest BCUT2D eigenvalue weighted by Gasteiger charge is 2.04. The molecule has 0 saturated heterocycles. The third-order valence-electron chi connectivity index (χ3n) is 2.06. The number of nitrogens with two attached hydrogens (primary N) is 2. The summed E-state index contributed by atoms with van der Waals surface area (Å²) in [5.74, 6) is 0. The smallest absolute Gasteiger partial charge is 0.0642 e. The summed E-state index contributed by atoms with van der Waals surface area (Å²) in [6, 6.07) is 9.35. The van der Waals surface area contributed by atoms with E-state index in [0.717, 1.165) is 10.8 Å². The molecule has 0 spiro atoms. The molecular weight excluding hydrogens is 254 g/mol. The lowest BCUT2D eigenvalue weighted by Gasteiger charge is -2.06. The number of fused-ring (bicyclic) bond motifs is 1. The third-order valence-corrected chi connectivity index (χ3v) is 2.39. The van der Waals surface area contributed by atoms with Crippen molar-refractivity contribution >= 4 is 58.6 Å². The Hall–Kier alpha value is -0.830. The molecule has 0 aliphatic carbocycles. The first-order valence-corrected chi connectivity index (χ1v) is 4.30. The maximum Gasteiger partial charge on any atom is 0.0642 e. The molecule has 2 aromatic carbocycles. The molecule has 0 bridgehead atoms. The molecule has 0 amide bonds. The van der Waals surface area contributed by atoms with Gasteiger partial charge in [-0.25, -0.2) is 0 Å². The van der Waals surface area contributed by atoms with Crippen LogP contribution in [0.5, 0.6) is 0 Å². The Morgan fingerprint density at radius 2 is 1.60 bits per heavy atom. The van der Waals surface area contributed by atoms with Crippen molar-refractivity contribution in [1.29, 1.82) is 0 Å². The Kier molecular flexibility index (Phi) is 5.01. The van der Waals surface area contributed by atoms with Gasteiger partial charge in [0, 0.05) is 11.1 Å². The van der Waals surface area contributed by atoms with Crippen molar-refractivity contribution < 1.29 is 0 Å². The highest BCUT2D eigenvalue weighted by molar-refractivity contribution is 6.35. The molecule has 2 aromatic rings. The van der Waals surface area contributed by atoms with E-state index in [0.29, 0.717) is 16.4 Å². The van der Waals surface area contributed by atoms with Crippen LogP contribution in [-0.4, -0.2) is 0 Å². The lowest BCUT2D eigenvalue weighted by molar-refractivity contribution is 1.71. The molecule has 0 unspecified atom stereocenters. The van der Waals surface area contributed by atoms with Crippen LogP contribution in [0.2, 0.25) is 5.02 Å². The molecule has 5 heteroatoms. The minimum absolute atomic E-state index is 0. The van der Waals surface area contributed by atoms with Gasteiger partial charge in [0.2, 0.25) is 0 Å². The normalized spacial score (nSPS) is 9.13. The third kappa shape index (κ3) is 2.40. The second kappa shape index (κ2) is 5.31. The number of rotatable bonds is 0. The van der Waals surface area contributed by atoms with Gasteiger partial charge in [-0.15, -0.1) is 24.8 Å². The van der Waals surface area contributed by atoms with Gasteiger partial charge < -0.3 is 11.5 Å². The van der Waals surface area contributed by atoms with Crippen LogP contribution in [0.25, 0.3) is 10.8 Å². The van der Waals surface area contributed by atoms with Crippen molar-refractivity contribution in [2.75, 3.05) is 11.5 Å². The first-order valence-electron chi connectivity index (χ1n) is 3.92. The van der Waals surface area contributed by atoms with Crippen molar-refractivity contribution in [2.45, 2.75) is 0 Å². The monoisotopic (exact) mass is 264 g/mol. The van der Waals surface area contributed by atoms with Crippen LogP contribution in [0.1, 0.15) is 0 Å². The molecule has 0 fully saturated rings. The summed E-state index contributed by atoms with van der Waals surface area (Å²) >= 11 is 5.88. The van der Waals surface area contributed by atoms with E-state index >= 15 is 0 Å². The molecule has 15 heavy (non-hydrogen) atoms. The van der Waals surface area contributed by atoms with Crippen molar-refractivity contribution in [3.8, 4) is 0 Å². The zero-order chi connectivity index (χ0) is 9.42. The van der Waals surface area contributed by atoms with Gasteiger partial charge in [-0.05, 0) is 17.5 Å². The Morgan fingerprint density at radius 3 is 2.27 bits per heavy atom. The Labute approximate surface area is 105 Å². The quantitative estimate of drug-likeness (QED) is 0.716. The van der Waals surface area contributed by atoms with Gasteiger partial charge >= 0.3 is 0 Å². The van der Waals surface area contributed by atoms with E-state index in [1.807, 2.05) is 24.3 Å². The molecule has 0 aromatic heterocycles. The summed E-state index contributed by atoms with van der Waals surface area (Å²) in [6.45, 7) is 0. The Morgan fingerprint density at radius 1 is 0.933 bits per heavy atom. The average molecular weight is 266 g/mol. The average Bonchev–Trinajstić information content (AvgIpc) is 2.12. The number of hydrogen-bond donors (Lipinski definition) is 2. The summed E-state index contributed by atoms with van der Waals surface area (Å²) in [5, 5.41) is 2.40. The largest absolute Gasteiger partial charge is 0.398 e. The first-order chi connectivity index (χ1) is 6.20. The van der Waals surface area contributed by atoms with Crippen molar-refractivity contribution in [2.24, 2.45) is 0 Å². The van der Waals surface area contributed by atoms with Gasteiger partial charge in [0.25, 0.3) is 0 Å². The molecule has 0 saturated carbocycles. The lowest BCUT2D eigenvalue weighted by Crippen LogP contribution is -1.93. The van der Waals surface area contributed by atoms with Crippen LogP contribution in [0.15, 0.2) is 30.3 Å². The fraction of sp³-hybridized carbons (Fsp3) is 0. The highest BCUT2D eigenvalue weighted by Crippen LogP contribution is 2.32. The second-order valence-corrected chi connectivity index (χ2v) is 3.31. The Balaban J connectivity index is 0.000000980. The van der Waals surface area contributed by atoms with Crippen LogP contribution in [0.4, 0.5) is 11.4 Å². The molecule has 2 nitrogen and oxygen atoms in total. The van der Waals surface area contributed by atoms with E-state index in [-0.39, 0.29) is 24.8 Å². The second-order valence-electron chi connectivity index (χ2n) is 2.91. The van der Waals surface area contributed by atoms with E-state index in [1.54, 1.807) is 6.07 Å². The topological polar surface area (TPSA) is 52.0 Å². The number of benzene rings is 2. The van der Waals surface area contributed by atoms with Gasteiger partial charge in [-0.1, -0.05) is 29.8 Å². The van der Waals surface area contributed by atoms with Crippen molar-refractivity contribution in [3.05, 3.63) is 35.4 Å². The van der Waals surface area contributed by atoms with E-state index in [2.05, 4.69) is 0 Å². The number of hydrogen-bond acceptors (Lipinski definition) is 2. The van der Waals surface area contributed by atoms with Gasteiger partial charge in [0.15, 0.2) is 0 Å². The van der Waals surface area contributed by atoms with E-state index in [9.17, 15) is 0 Å². The summed E-state index contributed by atoms with van der Waals surface area (Å²) in [4.78, 5) is 0. The van der Waals surface area contributed by atoms with Crippen LogP contribution < -0.4 is 11.5 Å². The number of nitrogen functional groups attached to an aromatic ring is 2. The predicted octanol–water partition coefficient (Wildman–Crippen LogP) is 3.50. The first kappa shape index (κ1) is 14.2. The lowest BCUT2D eigenvalue weighted by atomic mass is 10.1. The molecule has 0 aliphatic heterocycles. The molecule has 82 valence electrons. The maximum absolute atomic E-state index is 5.88. The molecule has 0 atom stereocenters. The minimum atomic E-state index is 0. The zero-order valence-corrected chi connectivity index (χ0v) is 10.1. The molecule has 2 rings (SSSR count). The molecule has 0 aliphatic rings. The minimum Gasteiger partial charge on any atom is -0.398 e.